The van der Waals surface area contributed by atoms with Gasteiger partial charge in [0, 0.05) is 24.4 Å². The fourth-order valence-electron chi connectivity index (χ4n) is 2.02. The van der Waals surface area contributed by atoms with E-state index in [9.17, 15) is 9.90 Å². The fraction of sp³-hybridized carbons (Fsp3) is 0.643. The number of hydrogen-bond acceptors (Lipinski definition) is 4. The first kappa shape index (κ1) is 17.6. The molecule has 0 spiro atoms. The lowest BCUT2D eigenvalue weighted by Crippen LogP contribution is -2.47. The van der Waals surface area contributed by atoms with Gasteiger partial charge in [-0.2, -0.15) is 0 Å². The van der Waals surface area contributed by atoms with Gasteiger partial charge in [0.2, 0.25) is 5.91 Å². The summed E-state index contributed by atoms with van der Waals surface area (Å²) in [4.78, 5) is 14.9. The molecule has 2 N–H and O–H groups in total. The summed E-state index contributed by atoms with van der Waals surface area (Å²) in [7, 11) is 3.80. The highest BCUT2D eigenvalue weighted by atomic mass is 79.9. The quantitative estimate of drug-likeness (QED) is 0.745. The average molecular weight is 363 g/mol. The van der Waals surface area contributed by atoms with Crippen molar-refractivity contribution in [1.82, 2.24) is 10.2 Å². The third kappa shape index (κ3) is 7.38. The van der Waals surface area contributed by atoms with Crippen molar-refractivity contribution in [3.8, 4) is 0 Å². The number of thiophene rings is 1. The lowest BCUT2D eigenvalue weighted by Gasteiger charge is -2.27. The summed E-state index contributed by atoms with van der Waals surface area (Å²) in [5, 5.41) is 12.9. The molecular weight excluding hydrogens is 340 g/mol. The molecule has 0 aliphatic carbocycles. The Kier molecular flexibility index (Phi) is 7.15. The van der Waals surface area contributed by atoms with Gasteiger partial charge in [-0.1, -0.05) is 0 Å². The number of likely N-dealkylation sites (N-methyl/N-ethyl adjacent to an activating group) is 1. The van der Waals surface area contributed by atoms with Gasteiger partial charge in [-0.3, -0.25) is 4.79 Å². The maximum Gasteiger partial charge on any atom is 0.220 e. The Bertz CT molecular complexity index is 433. The molecule has 1 aromatic rings. The van der Waals surface area contributed by atoms with E-state index in [1.807, 2.05) is 25.1 Å². The molecule has 4 nitrogen and oxygen atoms in total. The highest BCUT2D eigenvalue weighted by Crippen LogP contribution is 2.23. The Hall–Kier alpha value is -0.430. The number of carbonyl (C=O) groups is 1. The third-order valence-corrected chi connectivity index (χ3v) is 4.46. The van der Waals surface area contributed by atoms with Crippen LogP contribution >= 0.6 is 27.3 Å². The summed E-state index contributed by atoms with van der Waals surface area (Å²) in [5.74, 6) is -0.000321. The molecule has 1 unspecified atom stereocenters. The molecule has 114 valence electrons. The molecule has 0 fully saturated rings. The predicted molar refractivity (Wildman–Crippen MR) is 87.1 cm³/mol. The number of halogens is 1. The van der Waals surface area contributed by atoms with E-state index in [1.54, 1.807) is 18.3 Å². The standard InChI is InChI=1S/C14H23BrN2O2S/c1-14(19,10-17(2)3)9-16-13(18)6-4-5-11-7-8-12(15)20-11/h7-8,19H,4-6,9-10H2,1-3H3,(H,16,18). The van der Waals surface area contributed by atoms with Crippen LogP contribution in [0.2, 0.25) is 0 Å². The highest BCUT2D eigenvalue weighted by molar-refractivity contribution is 9.11. The number of nitrogens with one attached hydrogen (secondary N) is 1. The minimum Gasteiger partial charge on any atom is -0.387 e. The molecule has 0 aliphatic rings. The van der Waals surface area contributed by atoms with Crippen molar-refractivity contribution in [3.63, 3.8) is 0 Å². The first-order valence-corrected chi connectivity index (χ1v) is 8.27. The van der Waals surface area contributed by atoms with Crippen LogP contribution in [-0.2, 0) is 11.2 Å². The zero-order chi connectivity index (χ0) is 15.2. The van der Waals surface area contributed by atoms with E-state index in [4.69, 9.17) is 0 Å². The van der Waals surface area contributed by atoms with Gasteiger partial charge in [-0.05, 0) is 61.9 Å². The molecule has 6 heteroatoms. The second-order valence-corrected chi connectivity index (χ2v) is 8.12. The molecule has 1 amide bonds. The van der Waals surface area contributed by atoms with Crippen LogP contribution in [0.4, 0.5) is 0 Å². The van der Waals surface area contributed by atoms with Crippen LogP contribution in [0.15, 0.2) is 15.9 Å². The number of rotatable bonds is 8. The van der Waals surface area contributed by atoms with Gasteiger partial charge in [0.05, 0.1) is 9.39 Å². The first-order valence-electron chi connectivity index (χ1n) is 6.66. The zero-order valence-electron chi connectivity index (χ0n) is 12.3. The normalized spacial score (nSPS) is 14.3. The third-order valence-electron chi connectivity index (χ3n) is 2.78. The number of aliphatic hydroxyl groups is 1. The second-order valence-electron chi connectivity index (χ2n) is 5.57. The first-order chi connectivity index (χ1) is 9.28. The molecule has 0 saturated heterocycles. The van der Waals surface area contributed by atoms with Gasteiger partial charge in [0.15, 0.2) is 0 Å². The van der Waals surface area contributed by atoms with Crippen LogP contribution in [-0.4, -0.2) is 48.7 Å². The summed E-state index contributed by atoms with van der Waals surface area (Å²) < 4.78 is 1.12. The Morgan fingerprint density at radius 3 is 2.75 bits per heavy atom. The molecule has 0 aliphatic heterocycles. The number of amides is 1. The van der Waals surface area contributed by atoms with Crippen molar-refractivity contribution in [2.45, 2.75) is 31.8 Å². The van der Waals surface area contributed by atoms with E-state index < -0.39 is 5.60 Å². The molecule has 1 rings (SSSR count). The van der Waals surface area contributed by atoms with Crippen LogP contribution in [0.1, 0.15) is 24.6 Å². The Labute approximate surface area is 133 Å². The van der Waals surface area contributed by atoms with Crippen molar-refractivity contribution in [2.75, 3.05) is 27.2 Å². The van der Waals surface area contributed by atoms with Crippen LogP contribution < -0.4 is 5.32 Å². The van der Waals surface area contributed by atoms with E-state index in [2.05, 4.69) is 27.3 Å². The highest BCUT2D eigenvalue weighted by Gasteiger charge is 2.21. The van der Waals surface area contributed by atoms with Crippen molar-refractivity contribution in [3.05, 3.63) is 20.8 Å². The van der Waals surface area contributed by atoms with Gasteiger partial charge in [0.1, 0.15) is 0 Å². The van der Waals surface area contributed by atoms with Crippen LogP contribution in [0.5, 0.6) is 0 Å². The Balaban J connectivity index is 2.20. The van der Waals surface area contributed by atoms with E-state index in [-0.39, 0.29) is 12.5 Å². The lowest BCUT2D eigenvalue weighted by molar-refractivity contribution is -0.122. The maximum atomic E-state index is 11.7. The Morgan fingerprint density at radius 2 is 2.20 bits per heavy atom. The lowest BCUT2D eigenvalue weighted by atomic mass is 10.1. The topological polar surface area (TPSA) is 52.6 Å². The van der Waals surface area contributed by atoms with Crippen molar-refractivity contribution in [1.29, 1.82) is 0 Å². The SMILES string of the molecule is CN(C)CC(C)(O)CNC(=O)CCCc1ccc(Br)s1. The Morgan fingerprint density at radius 1 is 1.50 bits per heavy atom. The smallest absolute Gasteiger partial charge is 0.220 e. The fourth-order valence-corrected chi connectivity index (χ4v) is 3.55. The van der Waals surface area contributed by atoms with Gasteiger partial charge >= 0.3 is 0 Å². The van der Waals surface area contributed by atoms with Gasteiger partial charge < -0.3 is 15.3 Å². The van der Waals surface area contributed by atoms with Gasteiger partial charge in [-0.15, -0.1) is 11.3 Å². The summed E-state index contributed by atoms with van der Waals surface area (Å²) in [6.07, 6.45) is 2.24. The minimum atomic E-state index is -0.891. The summed E-state index contributed by atoms with van der Waals surface area (Å²) in [6, 6.07) is 4.10. The van der Waals surface area contributed by atoms with E-state index in [0.717, 1.165) is 16.6 Å². The van der Waals surface area contributed by atoms with Crippen LogP contribution in [0.25, 0.3) is 0 Å². The van der Waals surface area contributed by atoms with E-state index in [1.165, 1.54) is 4.88 Å². The van der Waals surface area contributed by atoms with Crippen molar-refractivity contribution in [2.24, 2.45) is 0 Å². The molecule has 20 heavy (non-hydrogen) atoms. The van der Waals surface area contributed by atoms with Crippen LogP contribution in [0, 0.1) is 0 Å². The summed E-state index contributed by atoms with van der Waals surface area (Å²) >= 11 is 5.13. The zero-order valence-corrected chi connectivity index (χ0v) is 14.7. The molecule has 1 atom stereocenters. The number of nitrogens with zero attached hydrogens (tertiary/aromatic N) is 1. The molecule has 0 radical (unpaired) electrons. The predicted octanol–water partition coefficient (Wildman–Crippen LogP) is 2.26. The largest absolute Gasteiger partial charge is 0.387 e. The number of aryl methyl sites for hydroxylation is 1. The van der Waals surface area contributed by atoms with E-state index in [0.29, 0.717) is 13.0 Å². The minimum absolute atomic E-state index is 0.000321. The van der Waals surface area contributed by atoms with E-state index >= 15 is 0 Å². The molecule has 0 saturated carbocycles. The molecular formula is C14H23BrN2O2S. The van der Waals surface area contributed by atoms with Gasteiger partial charge in [0.25, 0.3) is 0 Å². The molecule has 0 bridgehead atoms. The van der Waals surface area contributed by atoms with Gasteiger partial charge in [-0.25, -0.2) is 0 Å². The second kappa shape index (κ2) is 8.12. The number of carbonyl (C=O) groups excluding carboxylic acids is 1. The molecule has 0 aromatic carbocycles. The summed E-state index contributed by atoms with van der Waals surface area (Å²) in [5.41, 5.74) is -0.891. The maximum absolute atomic E-state index is 11.7. The van der Waals surface area contributed by atoms with Crippen LogP contribution in [0.3, 0.4) is 0 Å². The monoisotopic (exact) mass is 362 g/mol. The summed E-state index contributed by atoms with van der Waals surface area (Å²) in [6.45, 7) is 2.54. The van der Waals surface area contributed by atoms with Crippen molar-refractivity contribution < 1.29 is 9.90 Å². The molecule has 1 heterocycles. The average Bonchev–Trinajstić information content (AvgIpc) is 2.71. The van der Waals surface area contributed by atoms with Crippen molar-refractivity contribution >= 4 is 33.2 Å². The number of hydrogen-bond donors (Lipinski definition) is 2. The molecule has 1 aromatic heterocycles.